The molecule has 12 heteroatoms. The second-order valence-corrected chi connectivity index (χ2v) is 8.81. The van der Waals surface area contributed by atoms with Crippen molar-refractivity contribution < 1.29 is 17.9 Å². The Morgan fingerprint density at radius 2 is 2.19 bits per heavy atom. The number of anilines is 2. The summed E-state index contributed by atoms with van der Waals surface area (Å²) in [6, 6.07) is 2.27. The van der Waals surface area contributed by atoms with Gasteiger partial charge in [0, 0.05) is 31.5 Å². The van der Waals surface area contributed by atoms with E-state index in [2.05, 4.69) is 42.6 Å². The monoisotopic (exact) mass is 469 g/mol. The van der Waals surface area contributed by atoms with Gasteiger partial charge in [-0.3, -0.25) is 0 Å². The Kier molecular flexibility index (Phi) is 6.40. The number of nitrogens with one attached hydrogen (secondary N) is 1. The Balaban J connectivity index is 1.48. The number of aryl methyl sites for hydroxylation is 1. The van der Waals surface area contributed by atoms with Crippen molar-refractivity contribution in [3.63, 3.8) is 0 Å². The van der Waals surface area contributed by atoms with Gasteiger partial charge in [-0.25, -0.2) is 9.50 Å². The van der Waals surface area contributed by atoms with Crippen molar-refractivity contribution in [3.05, 3.63) is 24.2 Å². The number of aromatic nitrogens is 5. The fourth-order valence-corrected chi connectivity index (χ4v) is 4.77. The minimum atomic E-state index is -4.49. The summed E-state index contributed by atoms with van der Waals surface area (Å²) in [5.41, 5.74) is 1.17. The lowest BCUT2D eigenvalue weighted by Gasteiger charge is -2.28. The van der Waals surface area contributed by atoms with Crippen LogP contribution in [0.1, 0.15) is 38.8 Å². The molecule has 0 spiro atoms. The molecular weight excluding hydrogens is 443 g/mol. The molecule has 1 aliphatic carbocycles. The molecule has 32 heavy (non-hydrogen) atoms. The minimum absolute atomic E-state index is 0.149. The number of fused-ring (bicyclic) bond motifs is 1. The van der Waals surface area contributed by atoms with Crippen molar-refractivity contribution in [1.29, 1.82) is 0 Å². The quantitative estimate of drug-likeness (QED) is 0.526. The molecule has 1 aliphatic rings. The number of ether oxygens (including phenoxy) is 1. The lowest BCUT2D eigenvalue weighted by molar-refractivity contribution is -0.189. The van der Waals surface area contributed by atoms with Crippen LogP contribution >= 0.6 is 11.5 Å². The third-order valence-corrected chi connectivity index (χ3v) is 6.65. The van der Waals surface area contributed by atoms with E-state index in [9.17, 15) is 13.2 Å². The van der Waals surface area contributed by atoms with Gasteiger partial charge in [0.05, 0.1) is 5.69 Å². The van der Waals surface area contributed by atoms with Gasteiger partial charge in [0.25, 0.3) is 5.88 Å². The van der Waals surface area contributed by atoms with Gasteiger partial charge in [-0.1, -0.05) is 6.42 Å². The van der Waals surface area contributed by atoms with E-state index in [1.807, 2.05) is 6.92 Å². The van der Waals surface area contributed by atoms with Gasteiger partial charge in [0.1, 0.15) is 5.00 Å². The van der Waals surface area contributed by atoms with Gasteiger partial charge < -0.3 is 15.0 Å². The number of rotatable bonds is 8. The lowest BCUT2D eigenvalue weighted by atomic mass is 10.0. The van der Waals surface area contributed by atoms with Gasteiger partial charge in [-0.15, -0.1) is 5.10 Å². The molecule has 3 aromatic rings. The van der Waals surface area contributed by atoms with E-state index >= 15 is 0 Å². The van der Waals surface area contributed by atoms with E-state index in [4.69, 9.17) is 4.74 Å². The highest BCUT2D eigenvalue weighted by Crippen LogP contribution is 2.32. The molecule has 0 amide bonds. The highest BCUT2D eigenvalue weighted by Gasteiger charge is 2.39. The standard InChI is InChI=1S/C20H26F3N7OS/c1-4-29(16-10-12(2)28-32-16)11-14-6-5-7-15(14)25-19-26-17-18(24-8-9-30(17)27-19)31-13(3)20(21,22)23/h8-10,13-15H,4-7,11H2,1-3H3,(H,25,27)/t13-,14-,15+/m0/s1. The van der Waals surface area contributed by atoms with Crippen molar-refractivity contribution in [2.24, 2.45) is 5.92 Å². The maximum atomic E-state index is 12.9. The predicted molar refractivity (Wildman–Crippen MR) is 116 cm³/mol. The Labute approximate surface area is 188 Å². The smallest absolute Gasteiger partial charge is 0.425 e. The van der Waals surface area contributed by atoms with Crippen molar-refractivity contribution in [3.8, 4) is 5.88 Å². The third kappa shape index (κ3) is 4.89. The van der Waals surface area contributed by atoms with E-state index < -0.39 is 12.3 Å². The highest BCUT2D eigenvalue weighted by atomic mass is 32.1. The molecule has 1 N–H and O–H groups in total. The van der Waals surface area contributed by atoms with E-state index in [-0.39, 0.29) is 17.6 Å². The SMILES string of the molecule is CCN(C[C@@H]1CCC[C@H]1Nc1nc2c(O[C@@H](C)C(F)(F)F)nccn2n1)c1cc(C)ns1. The van der Waals surface area contributed by atoms with Crippen molar-refractivity contribution in [2.75, 3.05) is 23.3 Å². The summed E-state index contributed by atoms with van der Waals surface area (Å²) < 4.78 is 49.5. The second kappa shape index (κ2) is 9.08. The van der Waals surface area contributed by atoms with Crippen molar-refractivity contribution in [1.82, 2.24) is 24.0 Å². The van der Waals surface area contributed by atoms with Gasteiger partial charge in [-0.05, 0) is 57.1 Å². The molecule has 0 unspecified atom stereocenters. The first kappa shape index (κ1) is 22.6. The van der Waals surface area contributed by atoms with Gasteiger partial charge in [0.15, 0.2) is 6.10 Å². The van der Waals surface area contributed by atoms with Gasteiger partial charge in [0.2, 0.25) is 11.6 Å². The fourth-order valence-electron chi connectivity index (χ4n) is 3.94. The largest absolute Gasteiger partial charge is 0.462 e. The Morgan fingerprint density at radius 3 is 2.88 bits per heavy atom. The average Bonchev–Trinajstić information content (AvgIpc) is 3.46. The molecule has 0 bridgehead atoms. The summed E-state index contributed by atoms with van der Waals surface area (Å²) >= 11 is 1.51. The van der Waals surface area contributed by atoms with Crippen LogP contribution in [-0.4, -0.2) is 55.4 Å². The first-order valence-electron chi connectivity index (χ1n) is 10.6. The molecule has 8 nitrogen and oxygen atoms in total. The first-order valence-corrected chi connectivity index (χ1v) is 11.4. The van der Waals surface area contributed by atoms with Crippen LogP contribution in [0.3, 0.4) is 0 Å². The molecular formula is C20H26F3N7OS. The van der Waals surface area contributed by atoms with E-state index in [1.54, 1.807) is 0 Å². The number of alkyl halides is 3. The van der Waals surface area contributed by atoms with E-state index in [0.717, 1.165) is 50.0 Å². The van der Waals surface area contributed by atoms with Crippen LogP contribution in [0.15, 0.2) is 18.5 Å². The Hall–Kier alpha value is -2.63. The molecule has 0 saturated heterocycles. The van der Waals surface area contributed by atoms with E-state index in [0.29, 0.717) is 11.9 Å². The summed E-state index contributed by atoms with van der Waals surface area (Å²) in [5.74, 6) is 0.553. The summed E-state index contributed by atoms with van der Waals surface area (Å²) in [6.45, 7) is 6.84. The minimum Gasteiger partial charge on any atom is -0.462 e. The molecule has 1 fully saturated rings. The number of halogens is 3. The van der Waals surface area contributed by atoms with Crippen molar-refractivity contribution in [2.45, 2.75) is 58.4 Å². The molecule has 3 aromatic heterocycles. The Morgan fingerprint density at radius 1 is 1.38 bits per heavy atom. The lowest BCUT2D eigenvalue weighted by Crippen LogP contribution is -2.35. The zero-order chi connectivity index (χ0) is 22.9. The Bertz CT molecular complexity index is 1050. The van der Waals surface area contributed by atoms with Crippen LogP contribution in [0, 0.1) is 12.8 Å². The predicted octanol–water partition coefficient (Wildman–Crippen LogP) is 4.33. The summed E-state index contributed by atoms with van der Waals surface area (Å²) in [6.07, 6.45) is -0.454. The molecule has 1 saturated carbocycles. The summed E-state index contributed by atoms with van der Waals surface area (Å²) in [4.78, 5) is 10.6. The van der Waals surface area contributed by atoms with Gasteiger partial charge >= 0.3 is 6.18 Å². The summed E-state index contributed by atoms with van der Waals surface area (Å²) in [5, 5.41) is 8.92. The topological polar surface area (TPSA) is 80.5 Å². The van der Waals surface area contributed by atoms with Crippen LogP contribution in [0.5, 0.6) is 5.88 Å². The fraction of sp³-hybridized carbons (Fsp3) is 0.600. The molecule has 3 heterocycles. The second-order valence-electron chi connectivity index (χ2n) is 8.02. The summed E-state index contributed by atoms with van der Waals surface area (Å²) in [7, 11) is 0. The van der Waals surface area contributed by atoms with Crippen LogP contribution in [0.2, 0.25) is 0 Å². The van der Waals surface area contributed by atoms with Crippen LogP contribution < -0.4 is 15.0 Å². The van der Waals surface area contributed by atoms with Crippen LogP contribution in [0.4, 0.5) is 24.1 Å². The van der Waals surface area contributed by atoms with Crippen LogP contribution in [0.25, 0.3) is 5.65 Å². The van der Waals surface area contributed by atoms with Gasteiger partial charge in [-0.2, -0.15) is 22.5 Å². The first-order chi connectivity index (χ1) is 15.2. The molecule has 0 radical (unpaired) electrons. The number of nitrogens with zero attached hydrogens (tertiary/aromatic N) is 6. The highest BCUT2D eigenvalue weighted by molar-refractivity contribution is 7.10. The molecule has 0 aromatic carbocycles. The molecule has 0 aliphatic heterocycles. The maximum absolute atomic E-state index is 12.9. The molecule has 3 atom stereocenters. The zero-order valence-corrected chi connectivity index (χ0v) is 18.9. The molecule has 174 valence electrons. The zero-order valence-electron chi connectivity index (χ0n) is 18.1. The number of hydrogen-bond acceptors (Lipinski definition) is 8. The number of hydrogen-bond donors (Lipinski definition) is 1. The van der Waals surface area contributed by atoms with E-state index in [1.165, 1.54) is 28.4 Å². The third-order valence-electron chi connectivity index (χ3n) is 5.71. The van der Waals surface area contributed by atoms with Crippen LogP contribution in [-0.2, 0) is 0 Å². The van der Waals surface area contributed by atoms with Crippen molar-refractivity contribution >= 4 is 28.1 Å². The average molecular weight is 470 g/mol. The maximum Gasteiger partial charge on any atom is 0.425 e. The normalized spacial score (nSPS) is 19.9. The molecule has 4 rings (SSSR count).